The summed E-state index contributed by atoms with van der Waals surface area (Å²) in [4.78, 5) is 18.2. The number of hydrogen-bond donors (Lipinski definition) is 1. The van der Waals surface area contributed by atoms with E-state index in [4.69, 9.17) is 16.3 Å². The predicted molar refractivity (Wildman–Crippen MR) is 69.9 cm³/mol. The number of aromatic nitrogens is 1. The third-order valence-electron chi connectivity index (χ3n) is 2.79. The fourth-order valence-corrected chi connectivity index (χ4v) is 2.04. The number of ether oxygens (including phenoxy) is 1. The Hall–Kier alpha value is -1.33. The van der Waals surface area contributed by atoms with Crippen LogP contribution in [0, 0.1) is 0 Å². The molecular weight excluding hydrogens is 254 g/mol. The number of amides is 1. The summed E-state index contributed by atoms with van der Waals surface area (Å²) in [5.74, 6) is 0.716. The highest BCUT2D eigenvalue weighted by molar-refractivity contribution is 6.30. The number of hydrogen-bond acceptors (Lipinski definition) is 4. The van der Waals surface area contributed by atoms with Gasteiger partial charge in [0.15, 0.2) is 0 Å². The van der Waals surface area contributed by atoms with Crippen LogP contribution >= 0.6 is 11.6 Å². The maximum absolute atomic E-state index is 12.0. The Balaban J connectivity index is 2.17. The van der Waals surface area contributed by atoms with E-state index in [0.717, 1.165) is 5.82 Å². The number of anilines is 1. The molecule has 5 nitrogen and oxygen atoms in total. The van der Waals surface area contributed by atoms with Gasteiger partial charge in [-0.25, -0.2) is 4.98 Å². The molecule has 1 aromatic heterocycles. The second kappa shape index (κ2) is 6.02. The van der Waals surface area contributed by atoms with Crippen molar-refractivity contribution in [1.82, 2.24) is 10.3 Å². The molecule has 0 radical (unpaired) electrons. The van der Waals surface area contributed by atoms with E-state index >= 15 is 0 Å². The summed E-state index contributed by atoms with van der Waals surface area (Å²) >= 11 is 5.81. The summed E-state index contributed by atoms with van der Waals surface area (Å²) in [6, 6.07) is 3.26. The summed E-state index contributed by atoms with van der Waals surface area (Å²) in [6.07, 6.45) is 1.58. The Labute approximate surface area is 111 Å². The number of nitrogens with zero attached hydrogens (tertiary/aromatic N) is 2. The van der Waals surface area contributed by atoms with Gasteiger partial charge in [-0.2, -0.15) is 0 Å². The van der Waals surface area contributed by atoms with E-state index < -0.39 is 0 Å². The zero-order valence-electron chi connectivity index (χ0n) is 10.2. The van der Waals surface area contributed by atoms with Gasteiger partial charge in [-0.3, -0.25) is 4.79 Å². The van der Waals surface area contributed by atoms with Gasteiger partial charge in [-0.05, 0) is 19.1 Å². The number of rotatable bonds is 3. The minimum absolute atomic E-state index is 0.0334. The van der Waals surface area contributed by atoms with Crippen molar-refractivity contribution in [1.29, 1.82) is 0 Å². The summed E-state index contributed by atoms with van der Waals surface area (Å²) in [7, 11) is 0. The lowest BCUT2D eigenvalue weighted by Crippen LogP contribution is -2.54. The molecule has 1 fully saturated rings. The monoisotopic (exact) mass is 269 g/mol. The first kappa shape index (κ1) is 13.1. The van der Waals surface area contributed by atoms with Crippen LogP contribution in [0.4, 0.5) is 5.82 Å². The topological polar surface area (TPSA) is 54.5 Å². The molecule has 1 N–H and O–H groups in total. The summed E-state index contributed by atoms with van der Waals surface area (Å²) < 4.78 is 5.37. The van der Waals surface area contributed by atoms with Crippen LogP contribution < -0.4 is 10.2 Å². The Kier molecular flexibility index (Phi) is 4.38. The molecule has 2 rings (SSSR count). The van der Waals surface area contributed by atoms with E-state index in [-0.39, 0.29) is 11.9 Å². The largest absolute Gasteiger partial charge is 0.377 e. The lowest BCUT2D eigenvalue weighted by Gasteiger charge is -2.35. The number of nitrogens with one attached hydrogen (secondary N) is 1. The van der Waals surface area contributed by atoms with Crippen molar-refractivity contribution >= 4 is 23.3 Å². The lowest BCUT2D eigenvalue weighted by molar-refractivity contribution is -0.124. The van der Waals surface area contributed by atoms with E-state index in [1.54, 1.807) is 12.3 Å². The predicted octanol–water partition coefficient (Wildman–Crippen LogP) is 1.08. The van der Waals surface area contributed by atoms with Crippen molar-refractivity contribution in [2.45, 2.75) is 13.0 Å². The quantitative estimate of drug-likeness (QED) is 0.892. The van der Waals surface area contributed by atoms with Crippen molar-refractivity contribution in [2.24, 2.45) is 0 Å². The first-order valence-electron chi connectivity index (χ1n) is 5.96. The highest BCUT2D eigenvalue weighted by Crippen LogP contribution is 2.19. The first-order chi connectivity index (χ1) is 8.72. The molecule has 0 spiro atoms. The first-order valence-corrected chi connectivity index (χ1v) is 6.34. The van der Waals surface area contributed by atoms with Crippen molar-refractivity contribution in [2.75, 3.05) is 31.2 Å². The van der Waals surface area contributed by atoms with Crippen LogP contribution in [0.2, 0.25) is 5.02 Å². The van der Waals surface area contributed by atoms with Gasteiger partial charge >= 0.3 is 0 Å². The van der Waals surface area contributed by atoms with Crippen LogP contribution in [0.3, 0.4) is 0 Å². The maximum Gasteiger partial charge on any atom is 0.245 e. The zero-order chi connectivity index (χ0) is 13.0. The standard InChI is InChI=1S/C12H16ClN3O2/c1-2-14-12(17)10-8-18-6-5-16(10)11-4-3-9(13)7-15-11/h3-4,7,10H,2,5-6,8H2,1H3,(H,14,17). The molecule has 1 atom stereocenters. The molecule has 98 valence electrons. The molecule has 0 aromatic carbocycles. The average molecular weight is 270 g/mol. The molecule has 1 unspecified atom stereocenters. The van der Waals surface area contributed by atoms with Crippen LogP contribution in [0.5, 0.6) is 0 Å². The van der Waals surface area contributed by atoms with E-state index in [0.29, 0.717) is 31.3 Å². The maximum atomic E-state index is 12.0. The number of carbonyl (C=O) groups is 1. The van der Waals surface area contributed by atoms with Crippen LogP contribution in [0.1, 0.15) is 6.92 Å². The Morgan fingerprint density at radius 3 is 3.17 bits per heavy atom. The summed E-state index contributed by atoms with van der Waals surface area (Å²) in [5, 5.41) is 3.40. The van der Waals surface area contributed by atoms with Crippen LogP contribution in [-0.2, 0) is 9.53 Å². The van der Waals surface area contributed by atoms with E-state index in [9.17, 15) is 4.79 Å². The molecule has 0 aliphatic carbocycles. The second-order valence-electron chi connectivity index (χ2n) is 4.01. The van der Waals surface area contributed by atoms with Crippen molar-refractivity contribution in [3.8, 4) is 0 Å². The van der Waals surface area contributed by atoms with Gasteiger partial charge in [0.25, 0.3) is 0 Å². The number of likely N-dealkylation sites (N-methyl/N-ethyl adjacent to an activating group) is 1. The molecule has 1 aliphatic rings. The smallest absolute Gasteiger partial charge is 0.245 e. The van der Waals surface area contributed by atoms with E-state index in [1.807, 2.05) is 17.9 Å². The van der Waals surface area contributed by atoms with Crippen LogP contribution in [0.25, 0.3) is 0 Å². The number of pyridine rings is 1. The number of halogens is 1. The zero-order valence-corrected chi connectivity index (χ0v) is 11.0. The fraction of sp³-hybridized carbons (Fsp3) is 0.500. The average Bonchev–Trinajstić information content (AvgIpc) is 2.40. The van der Waals surface area contributed by atoms with Crippen molar-refractivity contribution < 1.29 is 9.53 Å². The van der Waals surface area contributed by atoms with Gasteiger partial charge in [-0.15, -0.1) is 0 Å². The van der Waals surface area contributed by atoms with Gasteiger partial charge in [0.05, 0.1) is 18.2 Å². The number of carbonyl (C=O) groups excluding carboxylic acids is 1. The molecule has 1 saturated heterocycles. The molecule has 0 saturated carbocycles. The van der Waals surface area contributed by atoms with Crippen molar-refractivity contribution in [3.05, 3.63) is 23.4 Å². The van der Waals surface area contributed by atoms with E-state index in [2.05, 4.69) is 10.3 Å². The Morgan fingerprint density at radius 2 is 2.50 bits per heavy atom. The molecule has 1 amide bonds. The summed E-state index contributed by atoms with van der Waals surface area (Å²) in [6.45, 7) is 4.14. The van der Waals surface area contributed by atoms with Gasteiger partial charge in [-0.1, -0.05) is 11.6 Å². The van der Waals surface area contributed by atoms with Gasteiger partial charge < -0.3 is 15.0 Å². The minimum Gasteiger partial charge on any atom is -0.377 e. The summed E-state index contributed by atoms with van der Waals surface area (Å²) in [5.41, 5.74) is 0. The third kappa shape index (κ3) is 2.91. The van der Waals surface area contributed by atoms with Crippen molar-refractivity contribution in [3.63, 3.8) is 0 Å². The van der Waals surface area contributed by atoms with Crippen LogP contribution in [-0.4, -0.2) is 43.2 Å². The molecule has 2 heterocycles. The molecular formula is C12H16ClN3O2. The third-order valence-corrected chi connectivity index (χ3v) is 3.01. The van der Waals surface area contributed by atoms with Gasteiger partial charge in [0.2, 0.25) is 5.91 Å². The minimum atomic E-state index is -0.327. The van der Waals surface area contributed by atoms with Crippen LogP contribution in [0.15, 0.2) is 18.3 Å². The molecule has 1 aromatic rings. The fourth-order valence-electron chi connectivity index (χ4n) is 1.93. The normalized spacial score (nSPS) is 19.7. The molecule has 1 aliphatic heterocycles. The van der Waals surface area contributed by atoms with E-state index in [1.165, 1.54) is 0 Å². The highest BCUT2D eigenvalue weighted by atomic mass is 35.5. The highest BCUT2D eigenvalue weighted by Gasteiger charge is 2.29. The molecule has 18 heavy (non-hydrogen) atoms. The Morgan fingerprint density at radius 1 is 1.67 bits per heavy atom. The Bertz CT molecular complexity index is 410. The molecule has 6 heteroatoms. The molecule has 0 bridgehead atoms. The van der Waals surface area contributed by atoms with Gasteiger partial charge in [0, 0.05) is 19.3 Å². The lowest BCUT2D eigenvalue weighted by atomic mass is 10.2. The number of morpholine rings is 1. The SMILES string of the molecule is CCNC(=O)C1COCCN1c1ccc(Cl)cn1. The van der Waals surface area contributed by atoms with Gasteiger partial charge in [0.1, 0.15) is 11.9 Å². The second-order valence-corrected chi connectivity index (χ2v) is 4.45.